The molecule has 24 heavy (non-hydrogen) atoms. The quantitative estimate of drug-likeness (QED) is 0.865. The van der Waals surface area contributed by atoms with Crippen molar-refractivity contribution in [1.82, 2.24) is 10.2 Å². The summed E-state index contributed by atoms with van der Waals surface area (Å²) in [5.41, 5.74) is 0. The molecule has 1 aromatic rings. The van der Waals surface area contributed by atoms with Crippen LogP contribution in [0.25, 0.3) is 0 Å². The fourth-order valence-corrected chi connectivity index (χ4v) is 4.12. The van der Waals surface area contributed by atoms with Crippen molar-refractivity contribution in [2.75, 3.05) is 37.7 Å². The van der Waals surface area contributed by atoms with Crippen molar-refractivity contribution in [2.45, 2.75) is 25.3 Å². The van der Waals surface area contributed by atoms with E-state index in [1.807, 2.05) is 47.0 Å². The van der Waals surface area contributed by atoms with E-state index in [-0.39, 0.29) is 12.4 Å². The van der Waals surface area contributed by atoms with Gasteiger partial charge in [-0.1, -0.05) is 18.2 Å². The number of likely N-dealkylation sites (tertiary alicyclic amines) is 1. The predicted octanol–water partition coefficient (Wildman–Crippen LogP) is 2.82. The Morgan fingerprint density at radius 3 is 2.67 bits per heavy atom. The van der Waals surface area contributed by atoms with Crippen LogP contribution in [0.3, 0.4) is 0 Å². The molecule has 0 bridgehead atoms. The summed E-state index contributed by atoms with van der Waals surface area (Å²) in [4.78, 5) is 14.4. The molecule has 2 saturated heterocycles. The van der Waals surface area contributed by atoms with Gasteiger partial charge in [-0.3, -0.25) is 4.79 Å². The Kier molecular flexibility index (Phi) is 8.22. The number of hydrogen-bond donors (Lipinski definition) is 1. The molecule has 2 heterocycles. The Balaban J connectivity index is 0.00000208. The summed E-state index contributed by atoms with van der Waals surface area (Å²) in [5, 5.41) is 3.45. The second kappa shape index (κ2) is 10.2. The largest absolute Gasteiger partial charge is 0.493 e. The van der Waals surface area contributed by atoms with E-state index in [4.69, 9.17) is 4.74 Å². The predicted molar refractivity (Wildman–Crippen MR) is 102 cm³/mol. The molecule has 1 unspecified atom stereocenters. The molecule has 1 atom stereocenters. The smallest absolute Gasteiger partial charge is 0.224 e. The summed E-state index contributed by atoms with van der Waals surface area (Å²) in [5.74, 6) is 4.03. The number of hydrogen-bond acceptors (Lipinski definition) is 4. The number of amides is 1. The summed E-state index contributed by atoms with van der Waals surface area (Å²) in [6.07, 6.45) is 2.75. The van der Waals surface area contributed by atoms with Gasteiger partial charge in [0.05, 0.1) is 6.61 Å². The first-order chi connectivity index (χ1) is 11.3. The van der Waals surface area contributed by atoms with Crippen LogP contribution in [0.1, 0.15) is 19.3 Å². The van der Waals surface area contributed by atoms with Crippen molar-refractivity contribution in [3.05, 3.63) is 30.3 Å². The fraction of sp³-hybridized carbons (Fsp3) is 0.611. The first-order valence-electron chi connectivity index (χ1n) is 8.58. The number of carbonyl (C=O) groups excluding carboxylic acids is 1. The number of para-hydroxylation sites is 1. The highest BCUT2D eigenvalue weighted by molar-refractivity contribution is 7.99. The highest BCUT2D eigenvalue weighted by Crippen LogP contribution is 2.20. The van der Waals surface area contributed by atoms with Gasteiger partial charge >= 0.3 is 0 Å². The summed E-state index contributed by atoms with van der Waals surface area (Å²) >= 11 is 1.95. The van der Waals surface area contributed by atoms with Crippen LogP contribution in [-0.2, 0) is 4.79 Å². The van der Waals surface area contributed by atoms with Gasteiger partial charge < -0.3 is 15.0 Å². The van der Waals surface area contributed by atoms with E-state index in [1.54, 1.807) is 0 Å². The van der Waals surface area contributed by atoms with Crippen molar-refractivity contribution >= 4 is 30.1 Å². The lowest BCUT2D eigenvalue weighted by atomic mass is 9.97. The molecule has 2 fully saturated rings. The number of carbonyl (C=O) groups is 1. The van der Waals surface area contributed by atoms with E-state index in [0.29, 0.717) is 24.3 Å². The minimum atomic E-state index is 0. The lowest BCUT2D eigenvalue weighted by molar-refractivity contribution is -0.133. The summed E-state index contributed by atoms with van der Waals surface area (Å²) in [6, 6.07) is 10.3. The molecule has 1 amide bonds. The lowest BCUT2D eigenvalue weighted by Crippen LogP contribution is -2.45. The standard InChI is InChI=1S/C18H26N2O2S.ClH/c21-18(12-16-14-23-11-8-19-16)20-9-6-15(7-10-20)13-22-17-4-2-1-3-5-17;/h1-5,15-16,19H,6-14H2;1H. The number of ether oxygens (including phenoxy) is 1. The lowest BCUT2D eigenvalue weighted by Gasteiger charge is -2.33. The second-order valence-electron chi connectivity index (χ2n) is 6.38. The molecule has 6 heteroatoms. The number of halogens is 1. The fourth-order valence-electron chi connectivity index (χ4n) is 3.17. The van der Waals surface area contributed by atoms with Crippen LogP contribution in [0, 0.1) is 5.92 Å². The van der Waals surface area contributed by atoms with Crippen LogP contribution in [0.2, 0.25) is 0 Å². The zero-order valence-corrected chi connectivity index (χ0v) is 15.6. The number of rotatable bonds is 5. The van der Waals surface area contributed by atoms with E-state index >= 15 is 0 Å². The topological polar surface area (TPSA) is 41.6 Å². The molecular formula is C18H27ClN2O2S. The first-order valence-corrected chi connectivity index (χ1v) is 9.73. The molecule has 0 spiro atoms. The molecule has 0 aromatic heterocycles. The Labute approximate surface area is 155 Å². The molecule has 0 saturated carbocycles. The van der Waals surface area contributed by atoms with Crippen molar-refractivity contribution in [2.24, 2.45) is 5.92 Å². The normalized spacial score (nSPS) is 21.8. The van der Waals surface area contributed by atoms with Gasteiger partial charge in [-0.2, -0.15) is 11.8 Å². The summed E-state index contributed by atoms with van der Waals surface area (Å²) < 4.78 is 5.85. The van der Waals surface area contributed by atoms with Gasteiger partial charge in [-0.25, -0.2) is 0 Å². The molecule has 2 aliphatic heterocycles. The van der Waals surface area contributed by atoms with E-state index in [0.717, 1.165) is 56.3 Å². The third-order valence-electron chi connectivity index (χ3n) is 4.62. The average Bonchev–Trinajstić information content (AvgIpc) is 2.62. The highest BCUT2D eigenvalue weighted by Gasteiger charge is 2.25. The van der Waals surface area contributed by atoms with E-state index in [2.05, 4.69) is 5.32 Å². The van der Waals surface area contributed by atoms with Crippen molar-refractivity contribution in [3.8, 4) is 5.75 Å². The molecule has 4 nitrogen and oxygen atoms in total. The first kappa shape index (κ1) is 19.4. The maximum absolute atomic E-state index is 12.4. The molecule has 0 radical (unpaired) electrons. The van der Waals surface area contributed by atoms with Crippen LogP contribution in [0.15, 0.2) is 30.3 Å². The molecule has 1 aromatic carbocycles. The Hall–Kier alpha value is -0.910. The van der Waals surface area contributed by atoms with Crippen LogP contribution >= 0.6 is 24.2 Å². The third-order valence-corrected chi connectivity index (χ3v) is 5.75. The van der Waals surface area contributed by atoms with Gasteiger partial charge in [0.2, 0.25) is 5.91 Å². The highest BCUT2D eigenvalue weighted by atomic mass is 35.5. The van der Waals surface area contributed by atoms with Gasteiger partial charge in [0.25, 0.3) is 0 Å². The van der Waals surface area contributed by atoms with Crippen LogP contribution in [-0.4, -0.2) is 54.6 Å². The molecule has 0 aliphatic carbocycles. The third kappa shape index (κ3) is 5.87. The molecule has 3 rings (SSSR count). The zero-order valence-electron chi connectivity index (χ0n) is 14.0. The number of nitrogens with zero attached hydrogens (tertiary/aromatic N) is 1. The Morgan fingerprint density at radius 1 is 1.25 bits per heavy atom. The molecular weight excluding hydrogens is 344 g/mol. The average molecular weight is 371 g/mol. The van der Waals surface area contributed by atoms with Crippen molar-refractivity contribution in [1.29, 1.82) is 0 Å². The maximum Gasteiger partial charge on any atom is 0.224 e. The molecule has 1 N–H and O–H groups in total. The van der Waals surface area contributed by atoms with Gasteiger partial charge in [0.1, 0.15) is 5.75 Å². The maximum atomic E-state index is 12.4. The van der Waals surface area contributed by atoms with Gasteiger partial charge in [-0.05, 0) is 30.9 Å². The monoisotopic (exact) mass is 370 g/mol. The summed E-state index contributed by atoms with van der Waals surface area (Å²) in [6.45, 7) is 3.54. The van der Waals surface area contributed by atoms with E-state index < -0.39 is 0 Å². The van der Waals surface area contributed by atoms with Gasteiger partial charge in [0, 0.05) is 43.6 Å². The SMILES string of the molecule is Cl.O=C(CC1CSCCN1)N1CCC(COc2ccccc2)CC1. The zero-order chi connectivity index (χ0) is 15.9. The van der Waals surface area contributed by atoms with Crippen LogP contribution in [0.5, 0.6) is 5.75 Å². The number of nitrogens with one attached hydrogen (secondary N) is 1. The second-order valence-corrected chi connectivity index (χ2v) is 7.53. The number of benzene rings is 1. The van der Waals surface area contributed by atoms with Crippen molar-refractivity contribution < 1.29 is 9.53 Å². The Bertz CT molecular complexity index is 489. The summed E-state index contributed by atoms with van der Waals surface area (Å²) in [7, 11) is 0. The van der Waals surface area contributed by atoms with E-state index in [1.165, 1.54) is 0 Å². The number of piperidine rings is 1. The van der Waals surface area contributed by atoms with E-state index in [9.17, 15) is 4.79 Å². The van der Waals surface area contributed by atoms with Crippen molar-refractivity contribution in [3.63, 3.8) is 0 Å². The van der Waals surface area contributed by atoms with Gasteiger partial charge in [0.15, 0.2) is 0 Å². The minimum absolute atomic E-state index is 0. The Morgan fingerprint density at radius 2 is 2.00 bits per heavy atom. The minimum Gasteiger partial charge on any atom is -0.493 e. The van der Waals surface area contributed by atoms with Gasteiger partial charge in [-0.15, -0.1) is 12.4 Å². The molecule has 134 valence electrons. The number of thioether (sulfide) groups is 1. The molecule has 2 aliphatic rings. The van der Waals surface area contributed by atoms with Crippen LogP contribution in [0.4, 0.5) is 0 Å². The van der Waals surface area contributed by atoms with Crippen LogP contribution < -0.4 is 10.1 Å².